The van der Waals surface area contributed by atoms with Gasteiger partial charge in [-0.1, -0.05) is 18.2 Å². The molecule has 116 valence electrons. The Morgan fingerprint density at radius 1 is 1.32 bits per heavy atom. The first-order valence-corrected chi connectivity index (χ1v) is 7.71. The van der Waals surface area contributed by atoms with Crippen molar-refractivity contribution < 1.29 is 4.79 Å². The number of likely N-dealkylation sites (tertiary alicyclic amines) is 1. The van der Waals surface area contributed by atoms with E-state index in [2.05, 4.69) is 24.3 Å². The first-order valence-electron chi connectivity index (χ1n) is 7.71. The van der Waals surface area contributed by atoms with E-state index < -0.39 is 0 Å². The summed E-state index contributed by atoms with van der Waals surface area (Å²) in [5.41, 5.74) is 1.97. The molecule has 1 saturated heterocycles. The summed E-state index contributed by atoms with van der Waals surface area (Å²) in [4.78, 5) is 14.2. The molecular weight excluding hydrogens is 276 g/mol. The molecule has 2 amide bonds. The number of aromatic nitrogens is 2. The molecule has 1 aliphatic rings. The van der Waals surface area contributed by atoms with Gasteiger partial charge in [0.15, 0.2) is 0 Å². The smallest absolute Gasteiger partial charge is 0.318 e. The third kappa shape index (κ3) is 2.98. The van der Waals surface area contributed by atoms with Crippen molar-refractivity contribution in [1.29, 1.82) is 0 Å². The SMILES string of the molecule is CC1(C)CCCN1C(=O)NCc1cnn(-c2ccccc2)c1. The third-order valence-corrected chi connectivity index (χ3v) is 4.25. The van der Waals surface area contributed by atoms with Crippen LogP contribution in [0.4, 0.5) is 4.79 Å². The van der Waals surface area contributed by atoms with Crippen LogP contribution < -0.4 is 5.32 Å². The van der Waals surface area contributed by atoms with Crippen LogP contribution in [0.15, 0.2) is 42.7 Å². The molecule has 0 unspecified atom stereocenters. The third-order valence-electron chi connectivity index (χ3n) is 4.25. The number of amides is 2. The van der Waals surface area contributed by atoms with Gasteiger partial charge < -0.3 is 10.2 Å². The molecule has 1 fully saturated rings. The molecule has 2 heterocycles. The number of para-hydroxylation sites is 1. The zero-order valence-corrected chi connectivity index (χ0v) is 13.1. The van der Waals surface area contributed by atoms with E-state index in [1.807, 2.05) is 46.1 Å². The van der Waals surface area contributed by atoms with Crippen molar-refractivity contribution in [1.82, 2.24) is 20.0 Å². The van der Waals surface area contributed by atoms with Gasteiger partial charge in [-0.15, -0.1) is 0 Å². The maximum absolute atomic E-state index is 12.3. The monoisotopic (exact) mass is 298 g/mol. The molecule has 0 aliphatic carbocycles. The largest absolute Gasteiger partial charge is 0.334 e. The second-order valence-electron chi connectivity index (χ2n) is 6.36. The van der Waals surface area contributed by atoms with Crippen LogP contribution in [0.5, 0.6) is 0 Å². The molecular formula is C17H22N4O. The van der Waals surface area contributed by atoms with Crippen molar-refractivity contribution in [3.05, 3.63) is 48.3 Å². The molecule has 22 heavy (non-hydrogen) atoms. The molecule has 2 aromatic rings. The minimum atomic E-state index is -0.0433. The summed E-state index contributed by atoms with van der Waals surface area (Å²) in [5, 5.41) is 7.34. The number of benzene rings is 1. The summed E-state index contributed by atoms with van der Waals surface area (Å²) < 4.78 is 1.82. The van der Waals surface area contributed by atoms with Crippen molar-refractivity contribution in [2.24, 2.45) is 0 Å². The van der Waals surface area contributed by atoms with Gasteiger partial charge in [0.1, 0.15) is 0 Å². The normalized spacial score (nSPS) is 16.7. The first kappa shape index (κ1) is 14.6. The van der Waals surface area contributed by atoms with E-state index in [0.29, 0.717) is 6.54 Å². The van der Waals surface area contributed by atoms with Gasteiger partial charge >= 0.3 is 6.03 Å². The summed E-state index contributed by atoms with van der Waals surface area (Å²) >= 11 is 0. The lowest BCUT2D eigenvalue weighted by Gasteiger charge is -2.31. The molecule has 5 nitrogen and oxygen atoms in total. The van der Waals surface area contributed by atoms with Crippen LogP contribution in [-0.4, -0.2) is 32.8 Å². The second-order valence-corrected chi connectivity index (χ2v) is 6.36. The predicted octanol–water partition coefficient (Wildman–Crippen LogP) is 2.96. The second kappa shape index (κ2) is 5.83. The van der Waals surface area contributed by atoms with E-state index in [1.165, 1.54) is 0 Å². The highest BCUT2D eigenvalue weighted by Gasteiger charge is 2.35. The van der Waals surface area contributed by atoms with Gasteiger partial charge in [-0.05, 0) is 38.8 Å². The van der Waals surface area contributed by atoms with Crippen molar-refractivity contribution >= 4 is 6.03 Å². The van der Waals surface area contributed by atoms with Gasteiger partial charge in [-0.2, -0.15) is 5.10 Å². The highest BCUT2D eigenvalue weighted by atomic mass is 16.2. The Kier molecular flexibility index (Phi) is 3.88. The highest BCUT2D eigenvalue weighted by molar-refractivity contribution is 5.75. The van der Waals surface area contributed by atoms with Gasteiger partial charge in [0, 0.05) is 30.4 Å². The molecule has 0 saturated carbocycles. The minimum absolute atomic E-state index is 0.00922. The molecule has 0 radical (unpaired) electrons. The maximum Gasteiger partial charge on any atom is 0.318 e. The van der Waals surface area contributed by atoms with Crippen molar-refractivity contribution in [2.75, 3.05) is 6.54 Å². The Morgan fingerprint density at radius 2 is 2.09 bits per heavy atom. The fraction of sp³-hybridized carbons (Fsp3) is 0.412. The van der Waals surface area contributed by atoms with Crippen LogP contribution in [0.2, 0.25) is 0 Å². The van der Waals surface area contributed by atoms with Crippen molar-refractivity contribution in [3.8, 4) is 5.69 Å². The van der Waals surface area contributed by atoms with Crippen LogP contribution in [0.25, 0.3) is 5.69 Å². The number of nitrogens with one attached hydrogen (secondary N) is 1. The van der Waals surface area contributed by atoms with Crippen molar-refractivity contribution in [2.45, 2.75) is 38.8 Å². The molecule has 1 aromatic carbocycles. The van der Waals surface area contributed by atoms with Gasteiger partial charge in [-0.25, -0.2) is 9.48 Å². The van der Waals surface area contributed by atoms with Crippen LogP contribution >= 0.6 is 0 Å². The van der Waals surface area contributed by atoms with Crippen LogP contribution in [0.3, 0.4) is 0 Å². The molecule has 3 rings (SSSR count). The zero-order chi connectivity index (χ0) is 15.6. The van der Waals surface area contributed by atoms with Crippen LogP contribution in [0, 0.1) is 0 Å². The van der Waals surface area contributed by atoms with E-state index in [1.54, 1.807) is 6.20 Å². The Hall–Kier alpha value is -2.30. The minimum Gasteiger partial charge on any atom is -0.334 e. The number of hydrogen-bond acceptors (Lipinski definition) is 2. The molecule has 5 heteroatoms. The Balaban J connectivity index is 1.61. The lowest BCUT2D eigenvalue weighted by atomic mass is 10.0. The number of hydrogen-bond donors (Lipinski definition) is 1. The maximum atomic E-state index is 12.3. The summed E-state index contributed by atoms with van der Waals surface area (Å²) in [6.07, 6.45) is 5.88. The number of carbonyl (C=O) groups excluding carboxylic acids is 1. The molecule has 0 bridgehead atoms. The van der Waals surface area contributed by atoms with Gasteiger partial charge in [0.25, 0.3) is 0 Å². The molecule has 0 atom stereocenters. The Bertz CT molecular complexity index is 648. The van der Waals surface area contributed by atoms with E-state index in [9.17, 15) is 4.79 Å². The summed E-state index contributed by atoms with van der Waals surface area (Å²) in [6, 6.07) is 9.95. The molecule has 1 aliphatic heterocycles. The lowest BCUT2D eigenvalue weighted by Crippen LogP contribution is -2.47. The average molecular weight is 298 g/mol. The summed E-state index contributed by atoms with van der Waals surface area (Å²) in [6.45, 7) is 5.57. The fourth-order valence-electron chi connectivity index (χ4n) is 2.93. The van der Waals surface area contributed by atoms with Gasteiger partial charge in [0.2, 0.25) is 0 Å². The Morgan fingerprint density at radius 3 is 2.77 bits per heavy atom. The molecule has 1 N–H and O–H groups in total. The highest BCUT2D eigenvalue weighted by Crippen LogP contribution is 2.27. The Labute approximate surface area is 130 Å². The molecule has 0 spiro atoms. The fourth-order valence-corrected chi connectivity index (χ4v) is 2.93. The van der Waals surface area contributed by atoms with Crippen LogP contribution in [-0.2, 0) is 6.54 Å². The number of carbonyl (C=O) groups is 1. The van der Waals surface area contributed by atoms with E-state index in [-0.39, 0.29) is 11.6 Å². The number of nitrogens with zero attached hydrogens (tertiary/aromatic N) is 3. The standard InChI is InChI=1S/C17H22N4O/c1-17(2)9-6-10-20(17)16(22)18-11-14-12-19-21(13-14)15-7-4-3-5-8-15/h3-5,7-8,12-13H,6,9-11H2,1-2H3,(H,18,22). The van der Waals surface area contributed by atoms with E-state index in [4.69, 9.17) is 0 Å². The predicted molar refractivity (Wildman–Crippen MR) is 85.8 cm³/mol. The van der Waals surface area contributed by atoms with Gasteiger partial charge in [0.05, 0.1) is 11.9 Å². The zero-order valence-electron chi connectivity index (χ0n) is 13.1. The summed E-state index contributed by atoms with van der Waals surface area (Å²) in [5.74, 6) is 0. The van der Waals surface area contributed by atoms with Crippen LogP contribution in [0.1, 0.15) is 32.3 Å². The number of urea groups is 1. The number of rotatable bonds is 3. The lowest BCUT2D eigenvalue weighted by molar-refractivity contribution is 0.165. The quantitative estimate of drug-likeness (QED) is 0.947. The topological polar surface area (TPSA) is 50.2 Å². The molecule has 1 aromatic heterocycles. The van der Waals surface area contributed by atoms with Crippen molar-refractivity contribution in [3.63, 3.8) is 0 Å². The first-order chi connectivity index (χ1) is 10.6. The van der Waals surface area contributed by atoms with Gasteiger partial charge in [-0.3, -0.25) is 0 Å². The summed E-state index contributed by atoms with van der Waals surface area (Å²) in [7, 11) is 0. The average Bonchev–Trinajstić information content (AvgIpc) is 3.12. The van der Waals surface area contributed by atoms with E-state index >= 15 is 0 Å². The van der Waals surface area contributed by atoms with E-state index in [0.717, 1.165) is 30.6 Å².